The van der Waals surface area contributed by atoms with Crippen LogP contribution >= 0.6 is 15.9 Å². The summed E-state index contributed by atoms with van der Waals surface area (Å²) < 4.78 is 7.63. The van der Waals surface area contributed by atoms with E-state index in [0.29, 0.717) is 17.9 Å². The quantitative estimate of drug-likeness (QED) is 0.463. The zero-order chi connectivity index (χ0) is 19.3. The van der Waals surface area contributed by atoms with Gasteiger partial charge in [0.05, 0.1) is 23.0 Å². The van der Waals surface area contributed by atoms with Crippen LogP contribution in [0, 0.1) is 0 Å². The van der Waals surface area contributed by atoms with Crippen LogP contribution in [0.5, 0.6) is 0 Å². The second kappa shape index (κ2) is 6.60. The molecule has 0 bridgehead atoms. The van der Waals surface area contributed by atoms with Crippen molar-refractivity contribution in [2.75, 3.05) is 6.54 Å². The number of nitrogens with zero attached hydrogens (tertiary/aromatic N) is 4. The minimum atomic E-state index is -0.0707. The van der Waals surface area contributed by atoms with Gasteiger partial charge >= 0.3 is 0 Å². The van der Waals surface area contributed by atoms with E-state index in [1.54, 1.807) is 35.5 Å². The average Bonchev–Trinajstić information content (AvgIpc) is 3.37. The van der Waals surface area contributed by atoms with E-state index in [1.165, 1.54) is 11.1 Å². The highest BCUT2D eigenvalue weighted by Gasteiger charge is 2.30. The van der Waals surface area contributed by atoms with Crippen LogP contribution in [0.4, 0.5) is 0 Å². The van der Waals surface area contributed by atoms with Gasteiger partial charge in [-0.15, -0.1) is 0 Å². The van der Waals surface area contributed by atoms with Crippen molar-refractivity contribution < 1.29 is 9.21 Å². The number of hydrogen-bond acceptors (Lipinski definition) is 4. The van der Waals surface area contributed by atoms with E-state index in [-0.39, 0.29) is 11.9 Å². The van der Waals surface area contributed by atoms with Crippen LogP contribution in [0.25, 0.3) is 16.8 Å². The summed E-state index contributed by atoms with van der Waals surface area (Å²) in [5.74, 6) is -0.0707. The van der Waals surface area contributed by atoms with Gasteiger partial charge in [-0.3, -0.25) is 4.79 Å². The number of amides is 1. The van der Waals surface area contributed by atoms with Crippen molar-refractivity contribution in [3.05, 3.63) is 76.5 Å². The average molecular weight is 437 g/mol. The van der Waals surface area contributed by atoms with E-state index in [0.717, 1.165) is 22.0 Å². The largest absolute Gasteiger partial charge is 0.472 e. The Kier molecular flexibility index (Phi) is 4.05. The van der Waals surface area contributed by atoms with Gasteiger partial charge in [-0.2, -0.15) is 5.10 Å². The SMILES string of the molecule is CC1c2ccc(-c3ccoc3)cc2CCN1C(=O)c1cc2ncc(Br)cn2n1. The molecule has 1 amide bonds. The van der Waals surface area contributed by atoms with Crippen LogP contribution in [0.3, 0.4) is 0 Å². The first-order chi connectivity index (χ1) is 13.6. The summed E-state index contributed by atoms with van der Waals surface area (Å²) in [4.78, 5) is 19.3. The van der Waals surface area contributed by atoms with Gasteiger partial charge in [0, 0.05) is 30.6 Å². The fraction of sp³-hybridized carbons (Fsp3) is 0.190. The predicted molar refractivity (Wildman–Crippen MR) is 108 cm³/mol. The van der Waals surface area contributed by atoms with E-state index in [9.17, 15) is 4.79 Å². The fourth-order valence-electron chi connectivity index (χ4n) is 3.82. The van der Waals surface area contributed by atoms with Crippen LogP contribution in [0.15, 0.2) is 64.1 Å². The van der Waals surface area contributed by atoms with Crippen molar-refractivity contribution in [1.82, 2.24) is 19.5 Å². The molecule has 1 aliphatic heterocycles. The number of fused-ring (bicyclic) bond motifs is 2. The predicted octanol–water partition coefficient (Wildman–Crippen LogP) is 4.51. The number of aromatic nitrogens is 3. The van der Waals surface area contributed by atoms with Gasteiger partial charge < -0.3 is 9.32 Å². The van der Waals surface area contributed by atoms with E-state index in [2.05, 4.69) is 51.1 Å². The molecule has 0 saturated heterocycles. The van der Waals surface area contributed by atoms with Gasteiger partial charge in [-0.05, 0) is 52.0 Å². The van der Waals surface area contributed by atoms with Crippen molar-refractivity contribution in [3.8, 4) is 11.1 Å². The Morgan fingerprint density at radius 3 is 2.96 bits per heavy atom. The second-order valence-corrected chi connectivity index (χ2v) is 7.87. The molecular formula is C21H17BrN4O2. The number of hydrogen-bond donors (Lipinski definition) is 0. The summed E-state index contributed by atoms with van der Waals surface area (Å²) in [6, 6.07) is 10.1. The normalized spacial score (nSPS) is 16.4. The summed E-state index contributed by atoms with van der Waals surface area (Å²) in [5, 5.41) is 4.41. The molecule has 1 aliphatic rings. The van der Waals surface area contributed by atoms with Gasteiger partial charge in [0.1, 0.15) is 0 Å². The molecule has 1 aromatic carbocycles. The minimum Gasteiger partial charge on any atom is -0.472 e. The lowest BCUT2D eigenvalue weighted by Crippen LogP contribution is -2.39. The Hall–Kier alpha value is -2.93. The first-order valence-electron chi connectivity index (χ1n) is 9.07. The molecule has 0 N–H and O–H groups in total. The summed E-state index contributed by atoms with van der Waals surface area (Å²) in [5.41, 5.74) is 5.72. The molecule has 1 unspecified atom stereocenters. The monoisotopic (exact) mass is 436 g/mol. The van der Waals surface area contributed by atoms with Crippen LogP contribution in [0.2, 0.25) is 0 Å². The molecule has 28 heavy (non-hydrogen) atoms. The van der Waals surface area contributed by atoms with Crippen LogP contribution in [-0.4, -0.2) is 31.9 Å². The Balaban J connectivity index is 1.45. The van der Waals surface area contributed by atoms with Crippen molar-refractivity contribution in [2.24, 2.45) is 0 Å². The zero-order valence-corrected chi connectivity index (χ0v) is 16.8. The lowest BCUT2D eigenvalue weighted by Gasteiger charge is -2.35. The molecule has 0 radical (unpaired) electrons. The number of benzene rings is 1. The van der Waals surface area contributed by atoms with E-state index < -0.39 is 0 Å². The van der Waals surface area contributed by atoms with Gasteiger partial charge in [-0.25, -0.2) is 9.50 Å². The lowest BCUT2D eigenvalue weighted by atomic mass is 9.90. The van der Waals surface area contributed by atoms with Gasteiger partial charge in [-0.1, -0.05) is 18.2 Å². The van der Waals surface area contributed by atoms with Crippen LogP contribution in [-0.2, 0) is 6.42 Å². The van der Waals surface area contributed by atoms with Gasteiger partial charge in [0.15, 0.2) is 11.3 Å². The number of carbonyl (C=O) groups is 1. The molecule has 6 nitrogen and oxygen atoms in total. The summed E-state index contributed by atoms with van der Waals surface area (Å²) >= 11 is 3.38. The maximum absolute atomic E-state index is 13.1. The van der Waals surface area contributed by atoms with Crippen molar-refractivity contribution in [3.63, 3.8) is 0 Å². The Bertz CT molecular complexity index is 1180. The third-order valence-corrected chi connectivity index (χ3v) is 5.71. The minimum absolute atomic E-state index is 0.0147. The smallest absolute Gasteiger partial charge is 0.274 e. The lowest BCUT2D eigenvalue weighted by molar-refractivity contribution is 0.0671. The molecule has 5 rings (SSSR count). The molecule has 140 valence electrons. The highest BCUT2D eigenvalue weighted by Crippen LogP contribution is 2.33. The molecule has 0 spiro atoms. The number of carbonyl (C=O) groups excluding carboxylic acids is 1. The standard InChI is InChI=1S/C21H17BrN4O2/c1-13-18-3-2-14(16-5-7-28-12-16)8-15(18)4-6-25(13)21(27)19-9-20-23-10-17(22)11-26(20)24-19/h2-3,5,7-13H,4,6H2,1H3. The molecule has 4 aromatic rings. The second-order valence-electron chi connectivity index (χ2n) is 6.95. The number of furan rings is 1. The van der Waals surface area contributed by atoms with Gasteiger partial charge in [0.2, 0.25) is 0 Å². The highest BCUT2D eigenvalue weighted by molar-refractivity contribution is 9.10. The molecule has 0 fully saturated rings. The molecule has 7 heteroatoms. The van der Waals surface area contributed by atoms with Crippen molar-refractivity contribution >= 4 is 27.5 Å². The zero-order valence-electron chi connectivity index (χ0n) is 15.2. The summed E-state index contributed by atoms with van der Waals surface area (Å²) in [7, 11) is 0. The third kappa shape index (κ3) is 2.82. The van der Waals surface area contributed by atoms with E-state index in [1.807, 2.05) is 11.0 Å². The maximum Gasteiger partial charge on any atom is 0.274 e. The van der Waals surface area contributed by atoms with Gasteiger partial charge in [0.25, 0.3) is 5.91 Å². The fourth-order valence-corrected chi connectivity index (χ4v) is 4.12. The first-order valence-corrected chi connectivity index (χ1v) is 9.87. The molecule has 0 saturated carbocycles. The number of rotatable bonds is 2. The van der Waals surface area contributed by atoms with E-state index >= 15 is 0 Å². The summed E-state index contributed by atoms with van der Waals surface area (Å²) in [6.07, 6.45) is 7.74. The van der Waals surface area contributed by atoms with Crippen molar-refractivity contribution in [1.29, 1.82) is 0 Å². The van der Waals surface area contributed by atoms with Crippen molar-refractivity contribution in [2.45, 2.75) is 19.4 Å². The van der Waals surface area contributed by atoms with E-state index in [4.69, 9.17) is 4.42 Å². The first kappa shape index (κ1) is 17.2. The topological polar surface area (TPSA) is 63.6 Å². The molecular weight excluding hydrogens is 420 g/mol. The number of halogens is 1. The molecule has 4 heterocycles. The third-order valence-electron chi connectivity index (χ3n) is 5.30. The highest BCUT2D eigenvalue weighted by atomic mass is 79.9. The molecule has 3 aromatic heterocycles. The Morgan fingerprint density at radius 2 is 2.14 bits per heavy atom. The molecule has 0 aliphatic carbocycles. The Morgan fingerprint density at radius 1 is 1.25 bits per heavy atom. The molecule has 1 atom stereocenters. The maximum atomic E-state index is 13.1. The Labute approximate surface area is 169 Å². The summed E-state index contributed by atoms with van der Waals surface area (Å²) in [6.45, 7) is 2.73. The van der Waals surface area contributed by atoms with Crippen LogP contribution < -0.4 is 0 Å². The van der Waals surface area contributed by atoms with Crippen LogP contribution in [0.1, 0.15) is 34.6 Å².